The molecule has 0 atom stereocenters. The molecule has 0 spiro atoms. The third kappa shape index (κ3) is 2.21. The standard InChI is InChI=1S/C10H20N2O/c1-8(2)10(11)4-6-12(7-5-10)9(3)13/h8H,4-7,11H2,1-3H3. The molecule has 13 heavy (non-hydrogen) atoms. The molecule has 1 aliphatic rings. The van der Waals surface area contributed by atoms with E-state index < -0.39 is 0 Å². The molecular formula is C10H20N2O. The minimum absolute atomic E-state index is 0.0497. The highest BCUT2D eigenvalue weighted by atomic mass is 16.2. The van der Waals surface area contributed by atoms with E-state index in [1.165, 1.54) is 0 Å². The van der Waals surface area contributed by atoms with Crippen LogP contribution in [-0.2, 0) is 4.79 Å². The van der Waals surface area contributed by atoms with Crippen LogP contribution in [0.15, 0.2) is 0 Å². The molecule has 3 heteroatoms. The second kappa shape index (κ2) is 3.66. The van der Waals surface area contributed by atoms with Crippen molar-refractivity contribution in [3.05, 3.63) is 0 Å². The number of nitrogens with zero attached hydrogens (tertiary/aromatic N) is 1. The SMILES string of the molecule is CC(=O)N1CCC(N)(C(C)C)CC1. The first-order chi connectivity index (χ1) is 5.96. The molecule has 0 aromatic heterocycles. The van der Waals surface area contributed by atoms with Crippen molar-refractivity contribution in [3.8, 4) is 0 Å². The van der Waals surface area contributed by atoms with Gasteiger partial charge >= 0.3 is 0 Å². The zero-order chi connectivity index (χ0) is 10.1. The Hall–Kier alpha value is -0.570. The number of nitrogens with two attached hydrogens (primary N) is 1. The monoisotopic (exact) mass is 184 g/mol. The van der Waals surface area contributed by atoms with Gasteiger partial charge in [-0.2, -0.15) is 0 Å². The van der Waals surface area contributed by atoms with Gasteiger partial charge in [0, 0.05) is 25.6 Å². The van der Waals surface area contributed by atoms with Crippen molar-refractivity contribution in [1.82, 2.24) is 4.90 Å². The molecule has 1 amide bonds. The number of hydrogen-bond donors (Lipinski definition) is 1. The summed E-state index contributed by atoms with van der Waals surface area (Å²) >= 11 is 0. The van der Waals surface area contributed by atoms with E-state index in [1.807, 2.05) is 4.90 Å². The second-order valence-corrected chi connectivity index (χ2v) is 4.39. The Morgan fingerprint density at radius 2 is 1.85 bits per heavy atom. The maximum absolute atomic E-state index is 11.1. The van der Waals surface area contributed by atoms with E-state index in [1.54, 1.807) is 6.92 Å². The lowest BCUT2D eigenvalue weighted by atomic mass is 9.79. The van der Waals surface area contributed by atoms with E-state index >= 15 is 0 Å². The zero-order valence-corrected chi connectivity index (χ0v) is 8.84. The van der Waals surface area contributed by atoms with E-state index in [0.717, 1.165) is 25.9 Å². The molecule has 1 aliphatic heterocycles. The maximum Gasteiger partial charge on any atom is 0.219 e. The molecule has 0 radical (unpaired) electrons. The smallest absolute Gasteiger partial charge is 0.219 e. The molecule has 1 fully saturated rings. The molecule has 1 heterocycles. The van der Waals surface area contributed by atoms with Crippen LogP contribution in [0.25, 0.3) is 0 Å². The fraction of sp³-hybridized carbons (Fsp3) is 0.900. The quantitative estimate of drug-likeness (QED) is 0.660. The lowest BCUT2D eigenvalue weighted by Crippen LogP contribution is -2.54. The molecule has 1 rings (SSSR count). The predicted octanol–water partition coefficient (Wildman–Crippen LogP) is 0.982. The van der Waals surface area contributed by atoms with Crippen molar-refractivity contribution in [2.24, 2.45) is 11.7 Å². The Kier molecular flexibility index (Phi) is 2.96. The average Bonchev–Trinajstić information content (AvgIpc) is 2.04. The summed E-state index contributed by atoms with van der Waals surface area (Å²) < 4.78 is 0. The van der Waals surface area contributed by atoms with Crippen LogP contribution in [-0.4, -0.2) is 29.4 Å². The van der Waals surface area contributed by atoms with Crippen molar-refractivity contribution in [2.75, 3.05) is 13.1 Å². The van der Waals surface area contributed by atoms with Gasteiger partial charge < -0.3 is 10.6 Å². The van der Waals surface area contributed by atoms with Gasteiger partial charge in [0.2, 0.25) is 5.91 Å². The number of hydrogen-bond acceptors (Lipinski definition) is 2. The molecular weight excluding hydrogens is 164 g/mol. The van der Waals surface area contributed by atoms with Crippen LogP contribution < -0.4 is 5.73 Å². The Balaban J connectivity index is 2.51. The number of amides is 1. The first-order valence-corrected chi connectivity index (χ1v) is 5.00. The first-order valence-electron chi connectivity index (χ1n) is 5.00. The van der Waals surface area contributed by atoms with Gasteiger partial charge in [0.15, 0.2) is 0 Å². The lowest BCUT2D eigenvalue weighted by Gasteiger charge is -2.41. The van der Waals surface area contributed by atoms with Crippen LogP contribution in [0.3, 0.4) is 0 Å². The Bertz CT molecular complexity index is 193. The van der Waals surface area contributed by atoms with Gasteiger partial charge in [0.05, 0.1) is 0 Å². The largest absolute Gasteiger partial charge is 0.343 e. The average molecular weight is 184 g/mol. The van der Waals surface area contributed by atoms with E-state index in [-0.39, 0.29) is 11.4 Å². The van der Waals surface area contributed by atoms with E-state index in [2.05, 4.69) is 13.8 Å². The van der Waals surface area contributed by atoms with Crippen LogP contribution in [0.2, 0.25) is 0 Å². The highest BCUT2D eigenvalue weighted by Gasteiger charge is 2.33. The third-order valence-electron chi connectivity index (χ3n) is 3.29. The molecule has 3 nitrogen and oxygen atoms in total. The van der Waals surface area contributed by atoms with Gasteiger partial charge in [0.25, 0.3) is 0 Å². The van der Waals surface area contributed by atoms with Crippen LogP contribution in [0.4, 0.5) is 0 Å². The van der Waals surface area contributed by atoms with Crippen LogP contribution in [0.1, 0.15) is 33.6 Å². The number of piperidine rings is 1. The van der Waals surface area contributed by atoms with Crippen molar-refractivity contribution < 1.29 is 4.79 Å². The summed E-state index contributed by atoms with van der Waals surface area (Å²) in [6, 6.07) is 0. The van der Waals surface area contributed by atoms with Crippen molar-refractivity contribution in [2.45, 2.75) is 39.2 Å². The Morgan fingerprint density at radius 3 is 2.15 bits per heavy atom. The lowest BCUT2D eigenvalue weighted by molar-refractivity contribution is -0.130. The normalized spacial score (nSPS) is 22.1. The molecule has 0 aromatic carbocycles. The highest BCUT2D eigenvalue weighted by molar-refractivity contribution is 5.73. The molecule has 1 saturated heterocycles. The fourth-order valence-corrected chi connectivity index (χ4v) is 1.82. The molecule has 0 aliphatic carbocycles. The number of carbonyl (C=O) groups is 1. The molecule has 0 bridgehead atoms. The summed E-state index contributed by atoms with van der Waals surface area (Å²) in [6.07, 6.45) is 1.87. The Morgan fingerprint density at radius 1 is 1.38 bits per heavy atom. The molecule has 0 unspecified atom stereocenters. The highest BCUT2D eigenvalue weighted by Crippen LogP contribution is 2.26. The number of carbonyl (C=O) groups excluding carboxylic acids is 1. The minimum atomic E-state index is -0.0497. The molecule has 2 N–H and O–H groups in total. The van der Waals surface area contributed by atoms with Crippen LogP contribution in [0.5, 0.6) is 0 Å². The van der Waals surface area contributed by atoms with Gasteiger partial charge in [-0.1, -0.05) is 13.8 Å². The van der Waals surface area contributed by atoms with E-state index in [0.29, 0.717) is 5.92 Å². The summed E-state index contributed by atoms with van der Waals surface area (Å²) in [5, 5.41) is 0. The zero-order valence-electron chi connectivity index (χ0n) is 8.84. The van der Waals surface area contributed by atoms with E-state index in [4.69, 9.17) is 5.73 Å². The van der Waals surface area contributed by atoms with Crippen molar-refractivity contribution in [3.63, 3.8) is 0 Å². The molecule has 0 saturated carbocycles. The minimum Gasteiger partial charge on any atom is -0.343 e. The number of likely N-dealkylation sites (tertiary alicyclic amines) is 1. The van der Waals surface area contributed by atoms with Gasteiger partial charge in [0.1, 0.15) is 0 Å². The Labute approximate surface area is 80.3 Å². The van der Waals surface area contributed by atoms with Crippen molar-refractivity contribution in [1.29, 1.82) is 0 Å². The predicted molar refractivity (Wildman–Crippen MR) is 53.2 cm³/mol. The first kappa shape index (κ1) is 10.5. The van der Waals surface area contributed by atoms with Crippen LogP contribution >= 0.6 is 0 Å². The summed E-state index contributed by atoms with van der Waals surface area (Å²) in [7, 11) is 0. The number of rotatable bonds is 1. The van der Waals surface area contributed by atoms with Gasteiger partial charge in [-0.15, -0.1) is 0 Å². The molecule has 0 aromatic rings. The summed E-state index contributed by atoms with van der Waals surface area (Å²) in [5.41, 5.74) is 6.18. The van der Waals surface area contributed by atoms with E-state index in [9.17, 15) is 4.79 Å². The fourth-order valence-electron chi connectivity index (χ4n) is 1.82. The summed E-state index contributed by atoms with van der Waals surface area (Å²) in [4.78, 5) is 12.9. The van der Waals surface area contributed by atoms with Gasteiger partial charge in [-0.05, 0) is 18.8 Å². The summed E-state index contributed by atoms with van der Waals surface area (Å²) in [6.45, 7) is 7.58. The topological polar surface area (TPSA) is 46.3 Å². The van der Waals surface area contributed by atoms with Crippen molar-refractivity contribution >= 4 is 5.91 Å². The summed E-state index contributed by atoms with van der Waals surface area (Å²) in [5.74, 6) is 0.674. The van der Waals surface area contributed by atoms with Gasteiger partial charge in [-0.25, -0.2) is 0 Å². The maximum atomic E-state index is 11.1. The van der Waals surface area contributed by atoms with Gasteiger partial charge in [-0.3, -0.25) is 4.79 Å². The van der Waals surface area contributed by atoms with Crippen LogP contribution in [0, 0.1) is 5.92 Å². The second-order valence-electron chi connectivity index (χ2n) is 4.39. The molecule has 76 valence electrons. The third-order valence-corrected chi connectivity index (χ3v) is 3.29.